The van der Waals surface area contributed by atoms with E-state index in [0.717, 1.165) is 6.07 Å². The van der Waals surface area contributed by atoms with Gasteiger partial charge in [0.25, 0.3) is 0 Å². The monoisotopic (exact) mass is 200 g/mol. The van der Waals surface area contributed by atoms with Gasteiger partial charge in [0.15, 0.2) is 17.9 Å². The Morgan fingerprint density at radius 1 is 1.43 bits per heavy atom. The summed E-state index contributed by atoms with van der Waals surface area (Å²) in [5.74, 6) is -1.81. The molecule has 0 spiro atoms. The third-order valence-corrected chi connectivity index (χ3v) is 1.61. The van der Waals surface area contributed by atoms with Gasteiger partial charge in [-0.3, -0.25) is 4.79 Å². The van der Waals surface area contributed by atoms with Crippen molar-refractivity contribution in [3.63, 3.8) is 0 Å². The number of hydrogen-bond donors (Lipinski definition) is 0. The molecule has 1 rings (SSSR count). The Bertz CT molecular complexity index is 337. The summed E-state index contributed by atoms with van der Waals surface area (Å²) in [5, 5.41) is 0. The summed E-state index contributed by atoms with van der Waals surface area (Å²) in [6.45, 7) is 2.14. The summed E-state index contributed by atoms with van der Waals surface area (Å²) < 4.78 is 30.8. The second kappa shape index (κ2) is 4.69. The summed E-state index contributed by atoms with van der Waals surface area (Å²) in [6.07, 6.45) is 1.06. The van der Waals surface area contributed by atoms with E-state index in [1.165, 1.54) is 0 Å². The van der Waals surface area contributed by atoms with E-state index in [-0.39, 0.29) is 11.3 Å². The molecule has 0 aliphatic rings. The molecule has 0 heterocycles. The van der Waals surface area contributed by atoms with Crippen molar-refractivity contribution in [3.8, 4) is 5.75 Å². The van der Waals surface area contributed by atoms with E-state index >= 15 is 0 Å². The average Bonchev–Trinajstić information content (AvgIpc) is 2.15. The molecule has 0 fully saturated rings. The van der Waals surface area contributed by atoms with E-state index in [1.54, 1.807) is 0 Å². The number of rotatable bonds is 4. The van der Waals surface area contributed by atoms with Crippen LogP contribution in [0.4, 0.5) is 8.78 Å². The predicted molar refractivity (Wildman–Crippen MR) is 47.5 cm³/mol. The first kappa shape index (κ1) is 10.6. The zero-order chi connectivity index (χ0) is 10.6. The zero-order valence-electron chi connectivity index (χ0n) is 7.72. The lowest BCUT2D eigenvalue weighted by molar-refractivity contribution is 0.111. The highest BCUT2D eigenvalue weighted by Gasteiger charge is 2.11. The summed E-state index contributed by atoms with van der Waals surface area (Å²) >= 11 is 0. The third-order valence-electron chi connectivity index (χ3n) is 1.61. The van der Waals surface area contributed by atoms with Gasteiger partial charge in [-0.25, -0.2) is 8.78 Å². The number of benzene rings is 1. The van der Waals surface area contributed by atoms with Crippen molar-refractivity contribution in [2.45, 2.75) is 13.3 Å². The maximum Gasteiger partial charge on any atom is 0.168 e. The van der Waals surface area contributed by atoms with Crippen LogP contribution >= 0.6 is 0 Å². The molecule has 1 aromatic carbocycles. The minimum absolute atomic E-state index is 0.101. The molecule has 1 aromatic rings. The number of aldehydes is 1. The van der Waals surface area contributed by atoms with Crippen molar-refractivity contribution in [2.75, 3.05) is 6.61 Å². The van der Waals surface area contributed by atoms with Gasteiger partial charge in [-0.05, 0) is 12.5 Å². The van der Waals surface area contributed by atoms with Gasteiger partial charge >= 0.3 is 0 Å². The highest BCUT2D eigenvalue weighted by atomic mass is 19.1. The molecule has 0 aromatic heterocycles. The Balaban J connectivity index is 3.05. The molecule has 76 valence electrons. The molecule has 0 unspecified atom stereocenters. The van der Waals surface area contributed by atoms with Gasteiger partial charge in [-0.15, -0.1) is 0 Å². The lowest BCUT2D eigenvalue weighted by atomic mass is 10.2. The largest absolute Gasteiger partial charge is 0.490 e. The van der Waals surface area contributed by atoms with Crippen LogP contribution in [0.1, 0.15) is 23.7 Å². The Morgan fingerprint density at radius 3 is 2.71 bits per heavy atom. The fraction of sp³-hybridized carbons (Fsp3) is 0.300. The molecule has 0 radical (unpaired) electrons. The van der Waals surface area contributed by atoms with Gasteiger partial charge in [0.1, 0.15) is 5.82 Å². The van der Waals surface area contributed by atoms with E-state index in [2.05, 4.69) is 0 Å². The van der Waals surface area contributed by atoms with Crippen molar-refractivity contribution >= 4 is 6.29 Å². The molecule has 14 heavy (non-hydrogen) atoms. The van der Waals surface area contributed by atoms with Gasteiger partial charge in [0.05, 0.1) is 12.2 Å². The molecule has 4 heteroatoms. The van der Waals surface area contributed by atoms with Gasteiger partial charge in [0.2, 0.25) is 0 Å². The van der Waals surface area contributed by atoms with Crippen molar-refractivity contribution in [2.24, 2.45) is 0 Å². The van der Waals surface area contributed by atoms with Crippen molar-refractivity contribution in [3.05, 3.63) is 29.3 Å². The van der Waals surface area contributed by atoms with Crippen molar-refractivity contribution in [1.29, 1.82) is 0 Å². The smallest absolute Gasteiger partial charge is 0.168 e. The summed E-state index contributed by atoms with van der Waals surface area (Å²) in [7, 11) is 0. The Kier molecular flexibility index (Phi) is 3.56. The minimum atomic E-state index is -0.847. The summed E-state index contributed by atoms with van der Waals surface area (Å²) in [5.41, 5.74) is -0.101. The molecule has 0 atom stereocenters. The van der Waals surface area contributed by atoms with Gasteiger partial charge in [-0.2, -0.15) is 0 Å². The molecule has 2 nitrogen and oxygen atoms in total. The van der Waals surface area contributed by atoms with Crippen LogP contribution < -0.4 is 4.74 Å². The van der Waals surface area contributed by atoms with Crippen LogP contribution in [0.15, 0.2) is 12.1 Å². The molecule has 0 amide bonds. The Morgan fingerprint density at radius 2 is 2.14 bits per heavy atom. The fourth-order valence-electron chi connectivity index (χ4n) is 1.02. The average molecular weight is 200 g/mol. The van der Waals surface area contributed by atoms with Crippen molar-refractivity contribution < 1.29 is 18.3 Å². The molecule has 0 saturated carbocycles. The van der Waals surface area contributed by atoms with Gasteiger partial charge in [0, 0.05) is 6.07 Å². The molecule has 0 aliphatic carbocycles. The van der Waals surface area contributed by atoms with Crippen LogP contribution in [-0.4, -0.2) is 12.9 Å². The van der Waals surface area contributed by atoms with Crippen molar-refractivity contribution in [1.82, 2.24) is 0 Å². The van der Waals surface area contributed by atoms with E-state index < -0.39 is 11.6 Å². The van der Waals surface area contributed by atoms with E-state index in [9.17, 15) is 13.6 Å². The third kappa shape index (κ3) is 2.28. The van der Waals surface area contributed by atoms with Crippen LogP contribution in [0.2, 0.25) is 0 Å². The first-order valence-corrected chi connectivity index (χ1v) is 4.26. The van der Waals surface area contributed by atoms with Crippen LogP contribution in [-0.2, 0) is 0 Å². The first-order chi connectivity index (χ1) is 6.69. The number of ether oxygens (including phenoxy) is 1. The van der Waals surface area contributed by atoms with E-state index in [1.807, 2.05) is 6.92 Å². The van der Waals surface area contributed by atoms with E-state index in [0.29, 0.717) is 25.4 Å². The maximum absolute atomic E-state index is 13.1. The lowest BCUT2D eigenvalue weighted by Crippen LogP contribution is -2.01. The lowest BCUT2D eigenvalue weighted by Gasteiger charge is -2.07. The van der Waals surface area contributed by atoms with Crippen LogP contribution in [0.3, 0.4) is 0 Å². The zero-order valence-corrected chi connectivity index (χ0v) is 7.72. The SMILES string of the molecule is CCCOc1c(F)cc(F)cc1C=O. The highest BCUT2D eigenvalue weighted by molar-refractivity contribution is 5.79. The molecule has 0 aliphatic heterocycles. The molecule has 0 N–H and O–H groups in total. The minimum Gasteiger partial charge on any atom is -0.490 e. The fourth-order valence-corrected chi connectivity index (χ4v) is 1.02. The Hall–Kier alpha value is -1.45. The molecule has 0 bridgehead atoms. The van der Waals surface area contributed by atoms with Crippen LogP contribution in [0, 0.1) is 11.6 Å². The van der Waals surface area contributed by atoms with Gasteiger partial charge in [-0.1, -0.05) is 6.92 Å². The second-order valence-electron chi connectivity index (χ2n) is 2.77. The number of carbonyl (C=O) groups is 1. The molecule has 0 saturated heterocycles. The molecular formula is C10H10F2O2. The van der Waals surface area contributed by atoms with E-state index in [4.69, 9.17) is 4.74 Å². The Labute approximate surface area is 80.5 Å². The van der Waals surface area contributed by atoms with Crippen LogP contribution in [0.25, 0.3) is 0 Å². The number of hydrogen-bond acceptors (Lipinski definition) is 2. The normalized spacial score (nSPS) is 9.93. The summed E-state index contributed by atoms with van der Waals surface area (Å²) in [6, 6.07) is 1.64. The van der Waals surface area contributed by atoms with Crippen LogP contribution in [0.5, 0.6) is 5.75 Å². The number of carbonyl (C=O) groups excluding carboxylic acids is 1. The number of halogens is 2. The van der Waals surface area contributed by atoms with Gasteiger partial charge < -0.3 is 4.74 Å². The summed E-state index contributed by atoms with van der Waals surface area (Å²) in [4.78, 5) is 10.5. The first-order valence-electron chi connectivity index (χ1n) is 4.26. The molecular weight excluding hydrogens is 190 g/mol. The standard InChI is InChI=1S/C10H10F2O2/c1-2-3-14-10-7(6-13)4-8(11)5-9(10)12/h4-6H,2-3H2,1H3. The second-order valence-corrected chi connectivity index (χ2v) is 2.77. The highest BCUT2D eigenvalue weighted by Crippen LogP contribution is 2.22. The maximum atomic E-state index is 13.1. The topological polar surface area (TPSA) is 26.3 Å². The predicted octanol–water partition coefficient (Wildman–Crippen LogP) is 2.57. The quantitative estimate of drug-likeness (QED) is 0.698.